The highest BCUT2D eigenvalue weighted by atomic mass is 127. The molecule has 0 saturated carbocycles. The first-order chi connectivity index (χ1) is 17.9. The van der Waals surface area contributed by atoms with Crippen LogP contribution in [0.4, 0.5) is 0 Å². The maximum atomic E-state index is 7.18. The van der Waals surface area contributed by atoms with E-state index >= 15 is 0 Å². The van der Waals surface area contributed by atoms with Crippen LogP contribution < -0.4 is 10.4 Å². The van der Waals surface area contributed by atoms with Gasteiger partial charge in [-0.25, -0.2) is 0 Å². The van der Waals surface area contributed by atoms with Crippen LogP contribution in [0.25, 0.3) is 0 Å². The van der Waals surface area contributed by atoms with E-state index in [1.54, 1.807) is 0 Å². The van der Waals surface area contributed by atoms with Crippen molar-refractivity contribution in [2.24, 2.45) is 0 Å². The highest BCUT2D eigenvalue weighted by Gasteiger charge is 2.54. The molecule has 5 atom stereocenters. The lowest BCUT2D eigenvalue weighted by Crippen LogP contribution is -2.67. The molecule has 2 fully saturated rings. The summed E-state index contributed by atoms with van der Waals surface area (Å²) in [6.07, 6.45) is 0.977. The molecule has 0 amide bonds. The third-order valence-electron chi connectivity index (χ3n) is 7.53. The van der Waals surface area contributed by atoms with Crippen molar-refractivity contribution < 1.29 is 18.6 Å². The van der Waals surface area contributed by atoms with Gasteiger partial charge in [0.15, 0.2) is 0 Å². The van der Waals surface area contributed by atoms with Crippen LogP contribution in [-0.4, -0.2) is 49.9 Å². The Morgan fingerprint density at radius 2 is 1.38 bits per heavy atom. The number of hydrogen-bond donors (Lipinski definition) is 0. The predicted octanol–water partition coefficient (Wildman–Crippen LogP) is 5.51. The van der Waals surface area contributed by atoms with Gasteiger partial charge >= 0.3 is 0 Å². The van der Waals surface area contributed by atoms with E-state index in [0.717, 1.165) is 6.42 Å². The van der Waals surface area contributed by atoms with E-state index in [0.29, 0.717) is 23.7 Å². The summed E-state index contributed by atoms with van der Waals surface area (Å²) in [5, 5.41) is 2.50. The van der Waals surface area contributed by atoms with Gasteiger partial charge in [-0.3, -0.25) is 0 Å². The van der Waals surface area contributed by atoms with E-state index < -0.39 is 8.32 Å². The predicted molar refractivity (Wildman–Crippen MR) is 159 cm³/mol. The highest BCUT2D eigenvalue weighted by molar-refractivity contribution is 14.1. The van der Waals surface area contributed by atoms with Crippen molar-refractivity contribution in [3.63, 3.8) is 0 Å². The minimum absolute atomic E-state index is 0.00268. The second-order valence-electron chi connectivity index (χ2n) is 11.1. The van der Waals surface area contributed by atoms with Crippen molar-refractivity contribution in [3.05, 3.63) is 96.6 Å². The molecule has 2 heterocycles. The lowest BCUT2D eigenvalue weighted by Gasteiger charge is -2.43. The van der Waals surface area contributed by atoms with E-state index in [-0.39, 0.29) is 29.5 Å². The van der Waals surface area contributed by atoms with Crippen LogP contribution in [0, 0.1) is 0 Å². The Hall–Kier alpha value is -1.55. The molecule has 0 unspecified atom stereocenters. The molecule has 2 saturated heterocycles. The molecule has 4 nitrogen and oxygen atoms in total. The topological polar surface area (TPSA) is 36.9 Å². The Bertz CT molecular complexity index is 1080. The standard InChI is InChI=1S/C31H37IO4Si/c1-31(2,3)37(25-15-9-5-10-16-25,26-17-11-6-12-18-26)34-22-28-30-29(32)27(36-28)19-24(35-30)21-33-20-23-13-7-4-8-14-23/h4-18,24,27-30H,19-22H2,1-3H3/t24-,27+,28-,29-,30+/m1/s1. The average Bonchev–Trinajstić information content (AvgIpc) is 3.07. The van der Waals surface area contributed by atoms with Crippen LogP contribution in [0.3, 0.4) is 0 Å². The molecule has 2 aliphatic heterocycles. The van der Waals surface area contributed by atoms with Gasteiger partial charge in [-0.1, -0.05) is 134 Å². The molecule has 2 aliphatic rings. The van der Waals surface area contributed by atoms with Gasteiger partial charge in [0.1, 0.15) is 12.2 Å². The second-order valence-corrected chi connectivity index (χ2v) is 16.8. The van der Waals surface area contributed by atoms with Crippen molar-refractivity contribution in [1.82, 2.24) is 0 Å². The van der Waals surface area contributed by atoms with Gasteiger partial charge in [-0.2, -0.15) is 0 Å². The molecule has 0 spiro atoms. The van der Waals surface area contributed by atoms with Gasteiger partial charge in [-0.05, 0) is 21.0 Å². The van der Waals surface area contributed by atoms with Gasteiger partial charge in [0.05, 0.1) is 36.0 Å². The minimum Gasteiger partial charge on any atom is -0.405 e. The van der Waals surface area contributed by atoms with Gasteiger partial charge in [0.2, 0.25) is 0 Å². The maximum absolute atomic E-state index is 7.18. The molecular formula is C31H37IO4Si. The molecule has 3 aromatic carbocycles. The molecule has 5 rings (SSSR count). The largest absolute Gasteiger partial charge is 0.405 e. The van der Waals surface area contributed by atoms with Crippen LogP contribution in [0.15, 0.2) is 91.0 Å². The van der Waals surface area contributed by atoms with Crippen molar-refractivity contribution in [3.8, 4) is 0 Å². The number of hydrogen-bond acceptors (Lipinski definition) is 4. The van der Waals surface area contributed by atoms with Gasteiger partial charge in [0.25, 0.3) is 8.32 Å². The normalized spacial score (nSPS) is 25.8. The number of alkyl halides is 1. The molecule has 0 aliphatic carbocycles. The smallest absolute Gasteiger partial charge is 0.261 e. The van der Waals surface area contributed by atoms with Crippen molar-refractivity contribution in [2.45, 2.75) is 67.2 Å². The molecule has 37 heavy (non-hydrogen) atoms. The molecule has 2 bridgehead atoms. The Kier molecular flexibility index (Phi) is 8.53. The fraction of sp³-hybridized carbons (Fsp3) is 0.419. The molecule has 0 radical (unpaired) electrons. The number of halogens is 1. The summed E-state index contributed by atoms with van der Waals surface area (Å²) in [5.41, 5.74) is 1.18. The van der Waals surface area contributed by atoms with Crippen LogP contribution in [0.5, 0.6) is 0 Å². The number of fused-ring (bicyclic) bond motifs is 2. The van der Waals surface area contributed by atoms with E-state index in [9.17, 15) is 0 Å². The molecule has 3 aromatic rings. The Balaban J connectivity index is 1.31. The highest BCUT2D eigenvalue weighted by Crippen LogP contribution is 2.41. The number of benzene rings is 3. The second kappa shape index (κ2) is 11.7. The molecular weight excluding hydrogens is 591 g/mol. The van der Waals surface area contributed by atoms with Crippen LogP contribution in [-0.2, 0) is 25.2 Å². The molecule has 196 valence electrons. The first kappa shape index (κ1) is 27.0. The van der Waals surface area contributed by atoms with Gasteiger partial charge in [0, 0.05) is 6.42 Å². The Morgan fingerprint density at radius 1 is 0.811 bits per heavy atom. The van der Waals surface area contributed by atoms with Crippen LogP contribution in [0.1, 0.15) is 32.8 Å². The summed E-state index contributed by atoms with van der Waals surface area (Å²) in [7, 11) is -2.62. The van der Waals surface area contributed by atoms with E-state index in [1.807, 2.05) is 18.2 Å². The summed E-state index contributed by atoms with van der Waals surface area (Å²) >= 11 is 2.51. The first-order valence-electron chi connectivity index (χ1n) is 13.2. The van der Waals surface area contributed by atoms with Crippen LogP contribution in [0.2, 0.25) is 5.04 Å². The van der Waals surface area contributed by atoms with Crippen molar-refractivity contribution in [1.29, 1.82) is 0 Å². The lowest BCUT2D eigenvalue weighted by molar-refractivity contribution is -0.0798. The summed E-state index contributed by atoms with van der Waals surface area (Å²) in [5.74, 6) is 0. The number of ether oxygens (including phenoxy) is 3. The van der Waals surface area contributed by atoms with E-state index in [4.69, 9.17) is 18.6 Å². The third-order valence-corrected chi connectivity index (χ3v) is 14.0. The summed E-state index contributed by atoms with van der Waals surface area (Å²) in [6.45, 7) is 8.63. The third kappa shape index (κ3) is 5.75. The molecule has 0 N–H and O–H groups in total. The van der Waals surface area contributed by atoms with Crippen molar-refractivity contribution in [2.75, 3.05) is 13.2 Å². The van der Waals surface area contributed by atoms with Crippen LogP contribution >= 0.6 is 22.6 Å². The summed E-state index contributed by atoms with van der Waals surface area (Å²) < 4.78 is 26.7. The quantitative estimate of drug-likeness (QED) is 0.178. The minimum atomic E-state index is -2.62. The zero-order valence-corrected chi connectivity index (χ0v) is 25.0. The van der Waals surface area contributed by atoms with Crippen molar-refractivity contribution >= 4 is 41.3 Å². The molecule has 0 aromatic heterocycles. The number of rotatable bonds is 9. The molecule has 6 heteroatoms. The fourth-order valence-electron chi connectivity index (χ4n) is 5.77. The Labute approximate surface area is 235 Å². The van der Waals surface area contributed by atoms with Gasteiger partial charge in [-0.15, -0.1) is 0 Å². The SMILES string of the molecule is CC(C)(C)[Si](OC[C@H]1O[C@H]2C[C@H](COCc3ccccc3)O[C@@H]1[C@@H]2I)(c1ccccc1)c1ccccc1. The summed E-state index contributed by atoms with van der Waals surface area (Å²) in [4.78, 5) is 0. The monoisotopic (exact) mass is 628 g/mol. The zero-order valence-electron chi connectivity index (χ0n) is 21.9. The van der Waals surface area contributed by atoms with Gasteiger partial charge < -0.3 is 18.6 Å². The fourth-order valence-corrected chi connectivity index (χ4v) is 11.4. The Morgan fingerprint density at radius 3 is 1.95 bits per heavy atom. The lowest BCUT2D eigenvalue weighted by atomic mass is 10.0. The average molecular weight is 629 g/mol. The first-order valence-corrected chi connectivity index (χ1v) is 16.4. The van der Waals surface area contributed by atoms with E-state index in [2.05, 4.69) is 116 Å². The zero-order chi connectivity index (χ0) is 25.9. The van der Waals surface area contributed by atoms with E-state index in [1.165, 1.54) is 15.9 Å². The summed E-state index contributed by atoms with van der Waals surface area (Å²) in [6, 6.07) is 31.9. The maximum Gasteiger partial charge on any atom is 0.261 e.